The molecule has 1 unspecified atom stereocenters. The minimum absolute atomic E-state index is 0.0178. The van der Waals surface area contributed by atoms with Crippen LogP contribution in [-0.2, 0) is 19.6 Å². The lowest BCUT2D eigenvalue weighted by molar-refractivity contribution is -0.126. The lowest BCUT2D eigenvalue weighted by Crippen LogP contribution is -2.42. The molecular weight excluding hydrogens is 340 g/mol. The maximum atomic E-state index is 12.2. The van der Waals surface area contributed by atoms with Crippen molar-refractivity contribution in [3.8, 4) is 0 Å². The van der Waals surface area contributed by atoms with Crippen molar-refractivity contribution >= 4 is 15.9 Å². The fraction of sp³-hybridized carbons (Fsp3) is 0.611. The molecule has 1 aromatic carbocycles. The second-order valence-electron chi connectivity index (χ2n) is 6.50. The van der Waals surface area contributed by atoms with E-state index in [9.17, 15) is 13.2 Å². The summed E-state index contributed by atoms with van der Waals surface area (Å²) < 4.78 is 30.2. The number of carbonyl (C=O) groups is 1. The van der Waals surface area contributed by atoms with Crippen LogP contribution in [0.3, 0.4) is 0 Å². The monoisotopic (exact) mass is 368 g/mol. The Labute approximate surface area is 150 Å². The van der Waals surface area contributed by atoms with Crippen LogP contribution in [0.4, 0.5) is 0 Å². The number of rotatable bonds is 8. The molecule has 25 heavy (non-hydrogen) atoms. The van der Waals surface area contributed by atoms with Crippen LogP contribution in [0.5, 0.6) is 0 Å². The van der Waals surface area contributed by atoms with Gasteiger partial charge < -0.3 is 10.1 Å². The Hall–Kier alpha value is -1.44. The Kier molecular flexibility index (Phi) is 7.40. The maximum Gasteiger partial charge on any atom is 0.223 e. The standard InChI is InChI=1S/C18H28N2O4S/c1-15(16-7-4-3-5-8-16)24-14-6-11-19-18(21)17-9-12-20(13-10-17)25(2,22)23/h3-5,7-8,15,17H,6,9-14H2,1-2H3,(H,19,21). The maximum absolute atomic E-state index is 12.2. The molecule has 1 heterocycles. The van der Waals surface area contributed by atoms with Crippen LogP contribution in [0.1, 0.15) is 37.9 Å². The second-order valence-corrected chi connectivity index (χ2v) is 8.49. The van der Waals surface area contributed by atoms with E-state index in [0.717, 1.165) is 12.0 Å². The van der Waals surface area contributed by atoms with E-state index in [1.165, 1.54) is 10.6 Å². The number of amides is 1. The highest BCUT2D eigenvalue weighted by atomic mass is 32.2. The van der Waals surface area contributed by atoms with Gasteiger partial charge in [0, 0.05) is 32.2 Å². The first kappa shape index (κ1) is 19.9. The molecule has 1 N–H and O–H groups in total. The van der Waals surface area contributed by atoms with Gasteiger partial charge in [0.15, 0.2) is 0 Å². The minimum atomic E-state index is -3.15. The predicted octanol–water partition coefficient (Wildman–Crippen LogP) is 1.94. The van der Waals surface area contributed by atoms with Crippen LogP contribution in [0.25, 0.3) is 0 Å². The SMILES string of the molecule is CC(OCCCNC(=O)C1CCN(S(C)(=O)=O)CC1)c1ccccc1. The molecule has 0 aliphatic carbocycles. The number of sulfonamides is 1. The summed E-state index contributed by atoms with van der Waals surface area (Å²) in [7, 11) is -3.15. The largest absolute Gasteiger partial charge is 0.374 e. The molecule has 1 aliphatic heterocycles. The van der Waals surface area contributed by atoms with Crippen molar-refractivity contribution in [2.45, 2.75) is 32.3 Å². The first-order valence-electron chi connectivity index (χ1n) is 8.77. The third-order valence-electron chi connectivity index (χ3n) is 4.55. The summed E-state index contributed by atoms with van der Waals surface area (Å²) in [6.07, 6.45) is 3.17. The molecule has 0 radical (unpaired) electrons. The topological polar surface area (TPSA) is 75.7 Å². The number of nitrogens with one attached hydrogen (secondary N) is 1. The van der Waals surface area contributed by atoms with E-state index < -0.39 is 10.0 Å². The van der Waals surface area contributed by atoms with Gasteiger partial charge in [0.25, 0.3) is 0 Å². The van der Waals surface area contributed by atoms with Gasteiger partial charge in [-0.05, 0) is 31.7 Å². The van der Waals surface area contributed by atoms with Crippen molar-refractivity contribution in [1.82, 2.24) is 9.62 Å². The van der Waals surface area contributed by atoms with Gasteiger partial charge in [0.05, 0.1) is 12.4 Å². The lowest BCUT2D eigenvalue weighted by Gasteiger charge is -2.29. The number of benzene rings is 1. The van der Waals surface area contributed by atoms with E-state index in [0.29, 0.717) is 39.1 Å². The van der Waals surface area contributed by atoms with Crippen LogP contribution in [0.2, 0.25) is 0 Å². The summed E-state index contributed by atoms with van der Waals surface area (Å²) in [5, 5.41) is 2.93. The van der Waals surface area contributed by atoms with E-state index in [4.69, 9.17) is 4.74 Å². The van der Waals surface area contributed by atoms with Crippen molar-refractivity contribution in [1.29, 1.82) is 0 Å². The number of hydrogen-bond acceptors (Lipinski definition) is 4. The molecule has 1 aromatic rings. The highest BCUT2D eigenvalue weighted by Crippen LogP contribution is 2.19. The molecule has 2 rings (SSSR count). The highest BCUT2D eigenvalue weighted by molar-refractivity contribution is 7.88. The molecular formula is C18H28N2O4S. The number of ether oxygens (including phenoxy) is 1. The quantitative estimate of drug-likeness (QED) is 0.712. The van der Waals surface area contributed by atoms with Gasteiger partial charge in [0.1, 0.15) is 0 Å². The van der Waals surface area contributed by atoms with E-state index >= 15 is 0 Å². The summed E-state index contributed by atoms with van der Waals surface area (Å²) in [5.41, 5.74) is 1.14. The molecule has 0 aromatic heterocycles. The molecule has 140 valence electrons. The molecule has 0 saturated carbocycles. The zero-order valence-corrected chi connectivity index (χ0v) is 15.8. The molecule has 7 heteroatoms. The average molecular weight is 368 g/mol. The van der Waals surface area contributed by atoms with Gasteiger partial charge in [-0.2, -0.15) is 0 Å². The molecule has 6 nitrogen and oxygen atoms in total. The highest BCUT2D eigenvalue weighted by Gasteiger charge is 2.28. The van der Waals surface area contributed by atoms with E-state index in [-0.39, 0.29) is 17.9 Å². The first-order chi connectivity index (χ1) is 11.9. The molecule has 1 aliphatic rings. The van der Waals surface area contributed by atoms with Gasteiger partial charge in [-0.1, -0.05) is 30.3 Å². The van der Waals surface area contributed by atoms with Gasteiger partial charge in [-0.15, -0.1) is 0 Å². The zero-order valence-electron chi connectivity index (χ0n) is 15.0. The van der Waals surface area contributed by atoms with E-state index in [1.807, 2.05) is 37.3 Å². The Balaban J connectivity index is 1.60. The fourth-order valence-electron chi connectivity index (χ4n) is 2.96. The molecule has 0 spiro atoms. The Morgan fingerprint density at radius 1 is 1.28 bits per heavy atom. The van der Waals surface area contributed by atoms with E-state index in [2.05, 4.69) is 5.32 Å². The fourth-order valence-corrected chi connectivity index (χ4v) is 3.83. The van der Waals surface area contributed by atoms with Gasteiger partial charge >= 0.3 is 0 Å². The van der Waals surface area contributed by atoms with E-state index in [1.54, 1.807) is 0 Å². The average Bonchev–Trinajstić information content (AvgIpc) is 2.61. The minimum Gasteiger partial charge on any atom is -0.374 e. The molecule has 1 amide bonds. The summed E-state index contributed by atoms with van der Waals surface area (Å²) in [6.45, 7) is 4.03. The second kappa shape index (κ2) is 9.31. The number of carbonyl (C=O) groups excluding carboxylic acids is 1. The lowest BCUT2D eigenvalue weighted by atomic mass is 9.97. The van der Waals surface area contributed by atoms with Crippen LogP contribution >= 0.6 is 0 Å². The van der Waals surface area contributed by atoms with Gasteiger partial charge in [-0.3, -0.25) is 4.79 Å². The summed E-state index contributed by atoms with van der Waals surface area (Å²) >= 11 is 0. The number of nitrogens with zero attached hydrogens (tertiary/aromatic N) is 1. The van der Waals surface area contributed by atoms with Crippen LogP contribution in [-0.4, -0.2) is 51.1 Å². The van der Waals surface area contributed by atoms with Crippen molar-refractivity contribution < 1.29 is 17.9 Å². The Morgan fingerprint density at radius 3 is 2.52 bits per heavy atom. The summed E-state index contributed by atoms with van der Waals surface area (Å²) in [6, 6.07) is 10.0. The Bertz CT molecular complexity index is 640. The van der Waals surface area contributed by atoms with Crippen LogP contribution < -0.4 is 5.32 Å². The van der Waals surface area contributed by atoms with Gasteiger partial charge in [-0.25, -0.2) is 12.7 Å². The first-order valence-corrected chi connectivity index (χ1v) is 10.6. The van der Waals surface area contributed by atoms with Crippen molar-refractivity contribution in [2.24, 2.45) is 5.92 Å². The van der Waals surface area contributed by atoms with Crippen molar-refractivity contribution in [3.05, 3.63) is 35.9 Å². The van der Waals surface area contributed by atoms with Gasteiger partial charge in [0.2, 0.25) is 15.9 Å². The molecule has 1 atom stereocenters. The molecule has 1 saturated heterocycles. The summed E-state index contributed by atoms with van der Waals surface area (Å²) in [4.78, 5) is 12.2. The molecule has 1 fully saturated rings. The third-order valence-corrected chi connectivity index (χ3v) is 5.85. The summed E-state index contributed by atoms with van der Waals surface area (Å²) in [5.74, 6) is -0.0774. The smallest absolute Gasteiger partial charge is 0.223 e. The van der Waals surface area contributed by atoms with Crippen molar-refractivity contribution in [3.63, 3.8) is 0 Å². The zero-order chi connectivity index (χ0) is 18.3. The number of hydrogen-bond donors (Lipinski definition) is 1. The normalized spacial score (nSPS) is 18.0. The third kappa shape index (κ3) is 6.41. The molecule has 0 bridgehead atoms. The van der Waals surface area contributed by atoms with Crippen molar-refractivity contribution in [2.75, 3.05) is 32.5 Å². The van der Waals surface area contributed by atoms with Crippen LogP contribution in [0, 0.1) is 5.92 Å². The number of piperidine rings is 1. The van der Waals surface area contributed by atoms with Crippen LogP contribution in [0.15, 0.2) is 30.3 Å². The Morgan fingerprint density at radius 2 is 1.92 bits per heavy atom. The predicted molar refractivity (Wildman–Crippen MR) is 97.6 cm³/mol.